The molecular formula is C29H50O. The lowest BCUT2D eigenvalue weighted by atomic mass is 9.44. The van der Waals surface area contributed by atoms with Crippen LogP contribution < -0.4 is 0 Å². The lowest BCUT2D eigenvalue weighted by Gasteiger charge is -2.62. The van der Waals surface area contributed by atoms with Crippen LogP contribution in [0, 0.1) is 51.8 Å². The van der Waals surface area contributed by atoms with E-state index < -0.39 is 0 Å². The summed E-state index contributed by atoms with van der Waals surface area (Å²) in [4.78, 5) is 0. The van der Waals surface area contributed by atoms with Gasteiger partial charge in [-0.3, -0.25) is 0 Å². The minimum atomic E-state index is -0.0482. The van der Waals surface area contributed by atoms with E-state index in [0.29, 0.717) is 5.41 Å². The van der Waals surface area contributed by atoms with Crippen molar-refractivity contribution in [1.29, 1.82) is 0 Å². The van der Waals surface area contributed by atoms with E-state index in [9.17, 15) is 5.11 Å². The van der Waals surface area contributed by atoms with Crippen molar-refractivity contribution in [1.82, 2.24) is 0 Å². The summed E-state index contributed by atoms with van der Waals surface area (Å²) in [5.41, 5.74) is 2.41. The van der Waals surface area contributed by atoms with Gasteiger partial charge in [-0.05, 0) is 116 Å². The number of aliphatic hydroxyl groups excluding tert-OH is 1. The average Bonchev–Trinajstić information content (AvgIpc) is 3.03. The smallest absolute Gasteiger partial charge is 0.0599 e. The monoisotopic (exact) mass is 414 g/mol. The van der Waals surface area contributed by atoms with Gasteiger partial charge in [-0.2, -0.15) is 0 Å². The summed E-state index contributed by atoms with van der Waals surface area (Å²) in [5.74, 6) is 5.03. The second kappa shape index (κ2) is 7.93. The molecule has 4 rings (SSSR count). The van der Waals surface area contributed by atoms with Crippen molar-refractivity contribution in [2.75, 3.05) is 0 Å². The molecule has 0 amide bonds. The molecule has 0 radical (unpaired) electrons. The van der Waals surface area contributed by atoms with Crippen LogP contribution in [-0.4, -0.2) is 11.2 Å². The van der Waals surface area contributed by atoms with E-state index in [1.807, 2.05) is 0 Å². The van der Waals surface area contributed by atoms with Crippen LogP contribution in [0.5, 0.6) is 0 Å². The largest absolute Gasteiger partial charge is 0.393 e. The lowest BCUT2D eigenvalue weighted by Crippen LogP contribution is -2.57. The third-order valence-electron chi connectivity index (χ3n) is 11.4. The van der Waals surface area contributed by atoms with Crippen molar-refractivity contribution in [2.45, 2.75) is 118 Å². The highest BCUT2D eigenvalue weighted by molar-refractivity contribution is 5.11. The Hall–Kier alpha value is -0.300. The van der Waals surface area contributed by atoms with Gasteiger partial charge in [-0.1, -0.05) is 60.1 Å². The van der Waals surface area contributed by atoms with Gasteiger partial charge in [0.15, 0.2) is 0 Å². The molecule has 0 aromatic heterocycles. The number of aliphatic hydroxyl groups is 1. The molecule has 0 aromatic rings. The fourth-order valence-electron chi connectivity index (χ4n) is 9.27. The van der Waals surface area contributed by atoms with Crippen LogP contribution in [0.25, 0.3) is 0 Å². The van der Waals surface area contributed by atoms with Gasteiger partial charge in [-0.25, -0.2) is 0 Å². The molecule has 172 valence electrons. The van der Waals surface area contributed by atoms with Gasteiger partial charge in [0.25, 0.3) is 0 Å². The van der Waals surface area contributed by atoms with Crippen molar-refractivity contribution in [3.63, 3.8) is 0 Å². The maximum atomic E-state index is 11.1. The van der Waals surface area contributed by atoms with E-state index in [1.165, 1.54) is 69.8 Å². The van der Waals surface area contributed by atoms with Crippen molar-refractivity contribution < 1.29 is 5.11 Å². The predicted octanol–water partition coefficient (Wildman–Crippen LogP) is 8.02. The van der Waals surface area contributed by atoms with E-state index in [2.05, 4.69) is 48.1 Å². The number of hydrogen-bond donors (Lipinski definition) is 1. The molecule has 30 heavy (non-hydrogen) atoms. The molecule has 2 unspecified atom stereocenters. The van der Waals surface area contributed by atoms with Gasteiger partial charge < -0.3 is 5.11 Å². The number of allylic oxidation sites excluding steroid dienone is 1. The molecule has 0 bridgehead atoms. The standard InChI is InChI=1S/C29H50O/c1-19(11-12-20(2)27(3,4)5)23-15-16-24-22-14-13-21-9-8-10-26(30)29(21,7)25(22)17-18-28(23,24)6/h19,21-26,30H,2,8-18H2,1,3-7H3/t19-,21?,22+,23-,24+,25+,26?,28-,29+/m1/s1. The van der Waals surface area contributed by atoms with Crippen LogP contribution in [-0.2, 0) is 0 Å². The van der Waals surface area contributed by atoms with Crippen molar-refractivity contribution in [2.24, 2.45) is 51.8 Å². The Bertz CT molecular complexity index is 643. The van der Waals surface area contributed by atoms with E-state index in [1.54, 1.807) is 0 Å². The normalized spacial score (nSPS) is 47.2. The fourth-order valence-corrected chi connectivity index (χ4v) is 9.27. The molecule has 4 aliphatic rings. The Morgan fingerprint density at radius 1 is 1.00 bits per heavy atom. The van der Waals surface area contributed by atoms with Crippen molar-refractivity contribution >= 4 is 0 Å². The quantitative estimate of drug-likeness (QED) is 0.462. The third kappa shape index (κ3) is 3.54. The van der Waals surface area contributed by atoms with Gasteiger partial charge in [0.2, 0.25) is 0 Å². The molecule has 1 nitrogen and oxygen atoms in total. The van der Waals surface area contributed by atoms with Crippen LogP contribution in [0.3, 0.4) is 0 Å². The molecule has 0 aliphatic heterocycles. The molecule has 4 aliphatic carbocycles. The molecule has 4 fully saturated rings. The molecular weight excluding hydrogens is 364 g/mol. The SMILES string of the molecule is C=C(CC[C@@H](C)[C@H]1CC[C@H]2[C@@H]3CCC4CCCC(O)[C@]4(C)[C@H]3CC[C@]12C)C(C)(C)C. The summed E-state index contributed by atoms with van der Waals surface area (Å²) >= 11 is 0. The Morgan fingerprint density at radius 3 is 2.43 bits per heavy atom. The van der Waals surface area contributed by atoms with Crippen LogP contribution in [0.4, 0.5) is 0 Å². The zero-order valence-electron chi connectivity index (χ0n) is 21.0. The molecule has 0 saturated heterocycles. The highest BCUT2D eigenvalue weighted by atomic mass is 16.3. The molecule has 1 heteroatoms. The zero-order chi connectivity index (χ0) is 21.9. The van der Waals surface area contributed by atoms with Gasteiger partial charge in [0.05, 0.1) is 6.10 Å². The molecule has 9 atom stereocenters. The van der Waals surface area contributed by atoms with E-state index in [4.69, 9.17) is 0 Å². The first-order valence-electron chi connectivity index (χ1n) is 13.4. The first-order valence-corrected chi connectivity index (χ1v) is 13.4. The summed E-state index contributed by atoms with van der Waals surface area (Å²) < 4.78 is 0. The number of hydrogen-bond acceptors (Lipinski definition) is 1. The lowest BCUT2D eigenvalue weighted by molar-refractivity contribution is -0.164. The Morgan fingerprint density at radius 2 is 1.73 bits per heavy atom. The van der Waals surface area contributed by atoms with Crippen LogP contribution in [0.1, 0.15) is 112 Å². The fraction of sp³-hybridized carbons (Fsp3) is 0.931. The van der Waals surface area contributed by atoms with E-state index >= 15 is 0 Å². The van der Waals surface area contributed by atoms with Gasteiger partial charge in [0, 0.05) is 0 Å². The maximum Gasteiger partial charge on any atom is 0.0599 e. The molecule has 0 spiro atoms. The van der Waals surface area contributed by atoms with Gasteiger partial charge in [0.1, 0.15) is 0 Å². The van der Waals surface area contributed by atoms with Crippen LogP contribution in [0.2, 0.25) is 0 Å². The highest BCUT2D eigenvalue weighted by Gasteiger charge is 2.61. The minimum Gasteiger partial charge on any atom is -0.393 e. The summed E-state index contributed by atoms with van der Waals surface area (Å²) in [6.45, 7) is 19.0. The predicted molar refractivity (Wildman–Crippen MR) is 128 cm³/mol. The zero-order valence-corrected chi connectivity index (χ0v) is 21.0. The van der Waals surface area contributed by atoms with E-state index in [0.717, 1.165) is 41.9 Å². The molecule has 0 aromatic carbocycles. The Balaban J connectivity index is 1.48. The minimum absolute atomic E-state index is 0.0482. The van der Waals surface area contributed by atoms with Gasteiger partial charge >= 0.3 is 0 Å². The third-order valence-corrected chi connectivity index (χ3v) is 11.4. The molecule has 4 saturated carbocycles. The maximum absolute atomic E-state index is 11.1. The average molecular weight is 415 g/mol. The Labute approximate surface area is 187 Å². The van der Waals surface area contributed by atoms with Crippen molar-refractivity contribution in [3.05, 3.63) is 12.2 Å². The van der Waals surface area contributed by atoms with Gasteiger partial charge in [-0.15, -0.1) is 0 Å². The Kier molecular flexibility index (Phi) is 6.05. The first-order chi connectivity index (χ1) is 14.0. The van der Waals surface area contributed by atoms with Crippen LogP contribution >= 0.6 is 0 Å². The molecule has 0 heterocycles. The molecule has 1 N–H and O–H groups in total. The number of rotatable bonds is 4. The topological polar surface area (TPSA) is 20.2 Å². The summed E-state index contributed by atoms with van der Waals surface area (Å²) in [6.07, 6.45) is 14.6. The number of fused-ring (bicyclic) bond motifs is 5. The summed E-state index contributed by atoms with van der Waals surface area (Å²) in [5, 5.41) is 11.1. The second-order valence-electron chi connectivity index (χ2n) is 13.6. The van der Waals surface area contributed by atoms with Crippen molar-refractivity contribution in [3.8, 4) is 0 Å². The highest BCUT2D eigenvalue weighted by Crippen LogP contribution is 2.68. The van der Waals surface area contributed by atoms with Crippen LogP contribution in [0.15, 0.2) is 12.2 Å². The first kappa shape index (κ1) is 22.9. The summed E-state index contributed by atoms with van der Waals surface area (Å²) in [7, 11) is 0. The summed E-state index contributed by atoms with van der Waals surface area (Å²) in [6, 6.07) is 0. The second-order valence-corrected chi connectivity index (χ2v) is 13.6. The van der Waals surface area contributed by atoms with E-state index in [-0.39, 0.29) is 16.9 Å².